The van der Waals surface area contributed by atoms with E-state index in [4.69, 9.17) is 10.2 Å². The van der Waals surface area contributed by atoms with Crippen LogP contribution in [-0.4, -0.2) is 28.2 Å². The molecule has 2 N–H and O–H groups in total. The van der Waals surface area contributed by atoms with Crippen LogP contribution < -0.4 is 0 Å². The van der Waals surface area contributed by atoms with Crippen LogP contribution in [0.5, 0.6) is 0 Å². The molecule has 0 aliphatic rings. The van der Waals surface area contributed by atoms with Crippen LogP contribution in [-0.2, 0) is 4.79 Å². The lowest BCUT2D eigenvalue weighted by Crippen LogP contribution is -2.27. The third kappa shape index (κ3) is 4.20. The number of rotatable bonds is 3. The van der Waals surface area contributed by atoms with E-state index in [9.17, 15) is 13.6 Å². The van der Waals surface area contributed by atoms with E-state index in [2.05, 4.69) is 0 Å². The summed E-state index contributed by atoms with van der Waals surface area (Å²) in [5.74, 6) is -4.75. The summed E-state index contributed by atoms with van der Waals surface area (Å²) in [5.41, 5.74) is 0. The Balaban J connectivity index is 3.80. The summed E-state index contributed by atoms with van der Waals surface area (Å²) in [5, 5.41) is 16.3. The third-order valence-corrected chi connectivity index (χ3v) is 0.837. The fourth-order valence-corrected chi connectivity index (χ4v) is 0.427. The Kier molecular flexibility index (Phi) is 2.71. The van der Waals surface area contributed by atoms with E-state index in [1.165, 1.54) is 0 Å². The van der Waals surface area contributed by atoms with Crippen molar-refractivity contribution in [1.82, 2.24) is 0 Å². The van der Waals surface area contributed by atoms with Gasteiger partial charge in [-0.25, -0.2) is 13.6 Å². The molecule has 0 aromatic carbocycles. The van der Waals surface area contributed by atoms with Crippen LogP contribution in [0.3, 0.4) is 0 Å². The highest BCUT2D eigenvalue weighted by Gasteiger charge is 2.29. The molecule has 0 fully saturated rings. The third-order valence-electron chi connectivity index (χ3n) is 0.837. The second kappa shape index (κ2) is 2.92. The standard InChI is InChI=1S/C5H8F2O3/c1-5(6,7)2-3(8)4(9)10/h3,8H,2H2,1H3,(H,9,10)/t3-/m0/s1. The molecule has 0 aliphatic heterocycles. The number of aliphatic carboxylic acids is 1. The van der Waals surface area contributed by atoms with Crippen LogP contribution in [0, 0.1) is 0 Å². The first-order valence-corrected chi connectivity index (χ1v) is 2.61. The number of carboxylic acid groups (broad SMARTS) is 1. The Morgan fingerprint density at radius 1 is 1.70 bits per heavy atom. The highest BCUT2D eigenvalue weighted by molar-refractivity contribution is 5.71. The predicted octanol–water partition coefficient (Wildman–Crippen LogP) is 0.477. The van der Waals surface area contributed by atoms with Crippen molar-refractivity contribution in [3.63, 3.8) is 0 Å². The van der Waals surface area contributed by atoms with Crippen LogP contribution in [0.1, 0.15) is 13.3 Å². The number of carbonyl (C=O) groups is 1. The fourth-order valence-electron chi connectivity index (χ4n) is 0.427. The van der Waals surface area contributed by atoms with E-state index in [1.807, 2.05) is 0 Å². The molecule has 0 unspecified atom stereocenters. The molecule has 0 bridgehead atoms. The number of carboxylic acids is 1. The highest BCUT2D eigenvalue weighted by Crippen LogP contribution is 2.18. The Hall–Kier alpha value is -0.710. The second-order valence-electron chi connectivity index (χ2n) is 2.13. The van der Waals surface area contributed by atoms with Gasteiger partial charge in [-0.1, -0.05) is 0 Å². The average molecular weight is 154 g/mol. The Morgan fingerprint density at radius 3 is 2.20 bits per heavy atom. The first-order valence-electron chi connectivity index (χ1n) is 2.61. The second-order valence-corrected chi connectivity index (χ2v) is 2.13. The maximum Gasteiger partial charge on any atom is 0.332 e. The van der Waals surface area contributed by atoms with Crippen molar-refractivity contribution in [2.24, 2.45) is 0 Å². The fraction of sp³-hybridized carbons (Fsp3) is 0.800. The van der Waals surface area contributed by atoms with Gasteiger partial charge < -0.3 is 10.2 Å². The number of aliphatic hydroxyl groups is 1. The van der Waals surface area contributed by atoms with Crippen LogP contribution >= 0.6 is 0 Å². The van der Waals surface area contributed by atoms with E-state index in [0.717, 1.165) is 0 Å². The van der Waals surface area contributed by atoms with Gasteiger partial charge in [0.15, 0.2) is 6.10 Å². The first kappa shape index (κ1) is 9.29. The van der Waals surface area contributed by atoms with Crippen LogP contribution in [0.25, 0.3) is 0 Å². The average Bonchev–Trinajstić information content (AvgIpc) is 1.60. The zero-order chi connectivity index (χ0) is 8.36. The Morgan fingerprint density at radius 2 is 2.10 bits per heavy atom. The largest absolute Gasteiger partial charge is 0.479 e. The van der Waals surface area contributed by atoms with Crippen molar-refractivity contribution in [2.45, 2.75) is 25.4 Å². The summed E-state index contributed by atoms with van der Waals surface area (Å²) in [6.45, 7) is 0.555. The van der Waals surface area contributed by atoms with Crippen molar-refractivity contribution in [3.8, 4) is 0 Å². The highest BCUT2D eigenvalue weighted by atomic mass is 19.3. The Bertz CT molecular complexity index is 129. The summed E-state index contributed by atoms with van der Waals surface area (Å²) in [4.78, 5) is 9.79. The van der Waals surface area contributed by atoms with E-state index in [1.54, 1.807) is 0 Å². The Labute approximate surface area is 56.3 Å². The molecule has 5 heteroatoms. The van der Waals surface area contributed by atoms with Crippen molar-refractivity contribution in [2.75, 3.05) is 0 Å². The molecule has 3 nitrogen and oxygen atoms in total. The molecule has 60 valence electrons. The maximum absolute atomic E-state index is 11.9. The van der Waals surface area contributed by atoms with Crippen LogP contribution in [0.4, 0.5) is 8.78 Å². The molecule has 0 heterocycles. The van der Waals surface area contributed by atoms with Gasteiger partial charge >= 0.3 is 5.97 Å². The van der Waals surface area contributed by atoms with Gasteiger partial charge in [-0.15, -0.1) is 0 Å². The van der Waals surface area contributed by atoms with Crippen molar-refractivity contribution >= 4 is 5.97 Å². The van der Waals surface area contributed by atoms with Gasteiger partial charge in [-0.05, 0) is 6.92 Å². The lowest BCUT2D eigenvalue weighted by molar-refractivity contribution is -0.151. The molecule has 0 spiro atoms. The minimum Gasteiger partial charge on any atom is -0.479 e. The van der Waals surface area contributed by atoms with Gasteiger partial charge in [0, 0.05) is 6.42 Å². The zero-order valence-corrected chi connectivity index (χ0v) is 5.34. The van der Waals surface area contributed by atoms with E-state index < -0.39 is 24.4 Å². The van der Waals surface area contributed by atoms with Gasteiger partial charge in [-0.2, -0.15) is 0 Å². The van der Waals surface area contributed by atoms with E-state index >= 15 is 0 Å². The molecule has 0 aromatic heterocycles. The summed E-state index contributed by atoms with van der Waals surface area (Å²) < 4.78 is 23.8. The van der Waals surface area contributed by atoms with Gasteiger partial charge in [0.05, 0.1) is 0 Å². The first-order chi connectivity index (χ1) is 4.33. The molecule has 0 saturated carbocycles. The SMILES string of the molecule is CC(F)(F)C[C@H](O)C(=O)O. The quantitative estimate of drug-likeness (QED) is 0.621. The molecule has 1 atom stereocenters. The van der Waals surface area contributed by atoms with Crippen molar-refractivity contribution in [3.05, 3.63) is 0 Å². The molecule has 0 rings (SSSR count). The van der Waals surface area contributed by atoms with Crippen molar-refractivity contribution < 1.29 is 23.8 Å². The molecule has 10 heavy (non-hydrogen) atoms. The molecular weight excluding hydrogens is 146 g/mol. The topological polar surface area (TPSA) is 57.5 Å². The number of alkyl halides is 2. The minimum absolute atomic E-state index is 0.555. The maximum atomic E-state index is 11.9. The number of hydrogen-bond acceptors (Lipinski definition) is 2. The minimum atomic E-state index is -3.13. The zero-order valence-electron chi connectivity index (χ0n) is 5.34. The summed E-state index contributed by atoms with van der Waals surface area (Å²) >= 11 is 0. The van der Waals surface area contributed by atoms with Crippen molar-refractivity contribution in [1.29, 1.82) is 0 Å². The number of hydrogen-bond donors (Lipinski definition) is 2. The smallest absolute Gasteiger partial charge is 0.332 e. The lowest BCUT2D eigenvalue weighted by Gasteiger charge is -2.11. The number of halogens is 2. The summed E-state index contributed by atoms with van der Waals surface area (Å²) in [6, 6.07) is 0. The van der Waals surface area contributed by atoms with Crippen LogP contribution in [0.2, 0.25) is 0 Å². The van der Waals surface area contributed by atoms with E-state index in [0.29, 0.717) is 6.92 Å². The summed E-state index contributed by atoms with van der Waals surface area (Å²) in [7, 11) is 0. The van der Waals surface area contributed by atoms with E-state index in [-0.39, 0.29) is 0 Å². The monoisotopic (exact) mass is 154 g/mol. The normalized spacial score (nSPS) is 14.8. The lowest BCUT2D eigenvalue weighted by atomic mass is 10.2. The molecule has 0 saturated heterocycles. The molecule has 0 amide bonds. The molecule has 0 aromatic rings. The van der Waals surface area contributed by atoms with Gasteiger partial charge in [-0.3, -0.25) is 0 Å². The van der Waals surface area contributed by atoms with Gasteiger partial charge in [0.2, 0.25) is 5.92 Å². The molecule has 0 radical (unpaired) electrons. The van der Waals surface area contributed by atoms with Gasteiger partial charge in [0.25, 0.3) is 0 Å². The molecule has 0 aliphatic carbocycles. The molecular formula is C5H8F2O3. The summed E-state index contributed by atoms with van der Waals surface area (Å²) in [6.07, 6.45) is -3.01. The number of aliphatic hydroxyl groups excluding tert-OH is 1. The van der Waals surface area contributed by atoms with Crippen LogP contribution in [0.15, 0.2) is 0 Å². The van der Waals surface area contributed by atoms with Gasteiger partial charge in [0.1, 0.15) is 0 Å². The predicted molar refractivity (Wildman–Crippen MR) is 28.9 cm³/mol.